The number of hydrogen-bond acceptors (Lipinski definition) is 4. The van der Waals surface area contributed by atoms with Crippen molar-refractivity contribution < 1.29 is 8.42 Å². The second kappa shape index (κ2) is 5.53. The van der Waals surface area contributed by atoms with Crippen LogP contribution in [-0.4, -0.2) is 41.2 Å². The molecule has 0 saturated carbocycles. The van der Waals surface area contributed by atoms with E-state index in [0.717, 1.165) is 12.8 Å². The number of nitrogens with zero attached hydrogens (tertiary/aromatic N) is 3. The molecule has 2 heterocycles. The van der Waals surface area contributed by atoms with E-state index in [1.54, 1.807) is 7.05 Å². The molecular formula is C12H19N3O4S. The molecule has 0 spiro atoms. The highest BCUT2D eigenvalue weighted by atomic mass is 32.2. The van der Waals surface area contributed by atoms with E-state index in [2.05, 4.69) is 0 Å². The maximum atomic E-state index is 11.9. The summed E-state index contributed by atoms with van der Waals surface area (Å²) in [6, 6.07) is 1.35. The summed E-state index contributed by atoms with van der Waals surface area (Å²) in [4.78, 5) is 23.7. The van der Waals surface area contributed by atoms with Crippen molar-refractivity contribution in [3.8, 4) is 0 Å². The number of sulfonamides is 1. The molecule has 0 aliphatic carbocycles. The largest absolute Gasteiger partial charge is 0.330 e. The first-order valence-corrected chi connectivity index (χ1v) is 8.35. The Morgan fingerprint density at radius 1 is 1.35 bits per heavy atom. The molecule has 0 aromatic carbocycles. The van der Waals surface area contributed by atoms with Crippen LogP contribution in [0.5, 0.6) is 0 Å². The van der Waals surface area contributed by atoms with Gasteiger partial charge in [-0.1, -0.05) is 0 Å². The van der Waals surface area contributed by atoms with Gasteiger partial charge >= 0.3 is 5.69 Å². The minimum atomic E-state index is -3.22. The Morgan fingerprint density at radius 3 is 2.70 bits per heavy atom. The monoisotopic (exact) mass is 301 g/mol. The number of piperidine rings is 1. The zero-order valence-corrected chi connectivity index (χ0v) is 12.5. The van der Waals surface area contributed by atoms with Crippen LogP contribution in [0, 0.1) is 5.92 Å². The molecule has 20 heavy (non-hydrogen) atoms. The molecule has 1 fully saturated rings. The van der Waals surface area contributed by atoms with Crippen molar-refractivity contribution in [2.75, 3.05) is 19.3 Å². The van der Waals surface area contributed by atoms with Crippen molar-refractivity contribution >= 4 is 10.0 Å². The molecule has 1 atom stereocenters. The van der Waals surface area contributed by atoms with Gasteiger partial charge in [0.25, 0.3) is 5.56 Å². The van der Waals surface area contributed by atoms with Crippen LogP contribution in [-0.2, 0) is 23.6 Å². The van der Waals surface area contributed by atoms with Gasteiger partial charge in [0.2, 0.25) is 10.0 Å². The van der Waals surface area contributed by atoms with Crippen molar-refractivity contribution in [2.45, 2.75) is 19.4 Å². The van der Waals surface area contributed by atoms with E-state index in [0.29, 0.717) is 13.1 Å². The van der Waals surface area contributed by atoms with E-state index in [-0.39, 0.29) is 23.7 Å². The van der Waals surface area contributed by atoms with E-state index < -0.39 is 10.0 Å². The Labute approximate surface area is 117 Å². The quantitative estimate of drug-likeness (QED) is 0.733. The highest BCUT2D eigenvalue weighted by Crippen LogP contribution is 2.19. The summed E-state index contributed by atoms with van der Waals surface area (Å²) in [7, 11) is -1.63. The lowest BCUT2D eigenvalue weighted by Gasteiger charge is -2.31. The third kappa shape index (κ3) is 3.18. The van der Waals surface area contributed by atoms with Gasteiger partial charge < -0.3 is 4.57 Å². The minimum Gasteiger partial charge on any atom is -0.303 e. The fraction of sp³-hybridized carbons (Fsp3) is 0.667. The smallest absolute Gasteiger partial charge is 0.303 e. The highest BCUT2D eigenvalue weighted by molar-refractivity contribution is 7.88. The topological polar surface area (TPSA) is 81.4 Å². The summed E-state index contributed by atoms with van der Waals surface area (Å²) < 4.78 is 27.1. The Balaban J connectivity index is 2.21. The van der Waals surface area contributed by atoms with Crippen LogP contribution in [0.3, 0.4) is 0 Å². The Kier molecular flexibility index (Phi) is 4.14. The molecule has 1 aliphatic rings. The minimum absolute atomic E-state index is 0.00808. The predicted molar refractivity (Wildman–Crippen MR) is 75.1 cm³/mol. The summed E-state index contributed by atoms with van der Waals surface area (Å²) in [6.07, 6.45) is 4.18. The van der Waals surface area contributed by atoms with Crippen LogP contribution in [0.4, 0.5) is 0 Å². The fourth-order valence-corrected chi connectivity index (χ4v) is 3.46. The van der Waals surface area contributed by atoms with Crippen molar-refractivity contribution in [1.29, 1.82) is 0 Å². The lowest BCUT2D eigenvalue weighted by molar-refractivity contribution is 0.241. The van der Waals surface area contributed by atoms with Gasteiger partial charge in [-0.05, 0) is 18.8 Å². The number of rotatable bonds is 3. The molecule has 1 unspecified atom stereocenters. The zero-order chi connectivity index (χ0) is 14.9. The van der Waals surface area contributed by atoms with Gasteiger partial charge in [-0.15, -0.1) is 0 Å². The van der Waals surface area contributed by atoms with Crippen molar-refractivity contribution in [3.63, 3.8) is 0 Å². The third-order valence-electron chi connectivity index (χ3n) is 3.63. The van der Waals surface area contributed by atoms with Gasteiger partial charge in [-0.3, -0.25) is 9.36 Å². The average Bonchev–Trinajstić information content (AvgIpc) is 2.39. The maximum absolute atomic E-state index is 11.9. The van der Waals surface area contributed by atoms with Crippen LogP contribution >= 0.6 is 0 Å². The molecule has 7 nitrogen and oxygen atoms in total. The van der Waals surface area contributed by atoms with E-state index in [9.17, 15) is 18.0 Å². The van der Waals surface area contributed by atoms with Gasteiger partial charge in [0.05, 0.1) is 6.26 Å². The Hall–Kier alpha value is -1.41. The molecule has 1 aromatic rings. The van der Waals surface area contributed by atoms with Crippen molar-refractivity contribution in [1.82, 2.24) is 13.4 Å². The maximum Gasteiger partial charge on any atom is 0.330 e. The Morgan fingerprint density at radius 2 is 2.05 bits per heavy atom. The van der Waals surface area contributed by atoms with Crippen LogP contribution in [0.2, 0.25) is 0 Å². The average molecular weight is 301 g/mol. The first-order valence-electron chi connectivity index (χ1n) is 6.50. The summed E-state index contributed by atoms with van der Waals surface area (Å²) >= 11 is 0. The number of hydrogen-bond donors (Lipinski definition) is 0. The molecule has 1 aromatic heterocycles. The lowest BCUT2D eigenvalue weighted by atomic mass is 10.00. The molecule has 0 N–H and O–H groups in total. The van der Waals surface area contributed by atoms with E-state index in [1.165, 1.54) is 32.0 Å². The zero-order valence-electron chi connectivity index (χ0n) is 11.7. The number of aryl methyl sites for hydroxylation is 1. The molecule has 8 heteroatoms. The Bertz CT molecular complexity index is 704. The van der Waals surface area contributed by atoms with Crippen molar-refractivity contribution in [2.24, 2.45) is 13.0 Å². The molecule has 2 rings (SSSR count). The van der Waals surface area contributed by atoms with Crippen LogP contribution in [0.15, 0.2) is 21.9 Å². The first kappa shape index (κ1) is 15.0. The van der Waals surface area contributed by atoms with Crippen LogP contribution < -0.4 is 11.2 Å². The third-order valence-corrected chi connectivity index (χ3v) is 4.90. The summed E-state index contributed by atoms with van der Waals surface area (Å²) in [5, 5.41) is 0. The molecule has 0 radical (unpaired) electrons. The highest BCUT2D eigenvalue weighted by Gasteiger charge is 2.26. The summed E-state index contributed by atoms with van der Waals surface area (Å²) in [5.74, 6) is -0.00808. The molecule has 112 valence electrons. The van der Waals surface area contributed by atoms with Gasteiger partial charge in [-0.2, -0.15) is 0 Å². The second-order valence-electron chi connectivity index (χ2n) is 5.29. The molecule has 1 aliphatic heterocycles. The molecular weight excluding hydrogens is 282 g/mol. The summed E-state index contributed by atoms with van der Waals surface area (Å²) in [6.45, 7) is 1.14. The van der Waals surface area contributed by atoms with E-state index >= 15 is 0 Å². The molecule has 0 bridgehead atoms. The normalized spacial score (nSPS) is 21.0. The first-order chi connectivity index (χ1) is 9.29. The molecule has 1 saturated heterocycles. The van der Waals surface area contributed by atoms with Crippen LogP contribution in [0.25, 0.3) is 0 Å². The number of aromatic nitrogens is 2. The van der Waals surface area contributed by atoms with Crippen molar-refractivity contribution in [3.05, 3.63) is 33.1 Å². The fourth-order valence-electron chi connectivity index (χ4n) is 2.52. The lowest BCUT2D eigenvalue weighted by Crippen LogP contribution is -2.44. The second-order valence-corrected chi connectivity index (χ2v) is 7.27. The van der Waals surface area contributed by atoms with E-state index in [1.807, 2.05) is 0 Å². The van der Waals surface area contributed by atoms with Gasteiger partial charge in [-0.25, -0.2) is 17.5 Å². The van der Waals surface area contributed by atoms with Gasteiger partial charge in [0.1, 0.15) is 0 Å². The summed E-state index contributed by atoms with van der Waals surface area (Å²) in [5.41, 5.74) is -0.710. The SMILES string of the molecule is Cn1ccc(=O)n(CC2CCCN(S(C)(=O)=O)C2)c1=O. The van der Waals surface area contributed by atoms with Gasteiger partial charge in [0.15, 0.2) is 0 Å². The van der Waals surface area contributed by atoms with Crippen LogP contribution in [0.1, 0.15) is 12.8 Å². The predicted octanol–water partition coefficient (Wildman–Crippen LogP) is -0.781. The standard InChI is InChI=1S/C12H19N3O4S/c1-13-7-5-11(16)15(12(13)17)9-10-4-3-6-14(8-10)20(2,18)19/h5,7,10H,3-4,6,8-9H2,1-2H3. The van der Waals surface area contributed by atoms with Gasteiger partial charge in [0, 0.05) is 38.9 Å². The molecule has 0 amide bonds. The van der Waals surface area contributed by atoms with E-state index in [4.69, 9.17) is 0 Å².